The average Bonchev–Trinajstić information content (AvgIpc) is 1.60. The molecule has 8 aromatic carbocycles. The summed E-state index contributed by atoms with van der Waals surface area (Å²) in [6.07, 6.45) is -0.362. The summed E-state index contributed by atoms with van der Waals surface area (Å²) in [6, 6.07) is 5.02. The van der Waals surface area contributed by atoms with Crippen molar-refractivity contribution >= 4 is 304 Å². The number of carboxylic acids is 1. The molecule has 0 spiro atoms. The van der Waals surface area contributed by atoms with Crippen LogP contribution in [0.1, 0.15) is 183 Å². The first-order valence-electron chi connectivity index (χ1n) is 39.5. The van der Waals surface area contributed by atoms with Crippen LogP contribution in [0.15, 0.2) is 199 Å². The van der Waals surface area contributed by atoms with E-state index in [1.807, 2.05) is 0 Å². The number of furan rings is 4. The number of hydrogen-bond donors (Lipinski definition) is 2. The summed E-state index contributed by atoms with van der Waals surface area (Å²) in [4.78, 5) is 113. The molecule has 21 nitrogen and oxygen atoms in total. The van der Waals surface area contributed by atoms with Gasteiger partial charge in [0.25, 0.3) is 3.25 Å². The van der Waals surface area contributed by atoms with Gasteiger partial charge in [-0.2, -0.15) is 0 Å². The molecule has 0 aliphatic rings. The molecule has 38 heteroatoms. The van der Waals surface area contributed by atoms with E-state index in [1.165, 1.54) is 83.1 Å². The zero-order valence-electron chi connectivity index (χ0n) is 79.7. The SMILES string of the molecule is CC(=O)Cl.CC(=O)[O-].ClC(Cl)(Cl)Cl.O=C[O-].[2H]c1c([2H])c([2H])c2c(C(=O)c3cc(Br)c(O)c(Br)c3)c(C(C)OC(C)=O)oc2c1[2H].[2H]c1c([2H])c([2H])c2c(C(=O)c3cc(Br)c(O)c(Br)c3)c(CC)oc2c1[2H].[2H]c1c([2H])c([2H])c2c(C(=O)c3cc(Br)c(OC(C)=O)c(Br)c3)c(C(C)Br)oc2c1[2H].[2H]c1c([2H])c([2H])c2c(C(=O)c3cc(Br)c(OC(C)=O)c(Br)c3)c(CC)oc2c1[2H].[Cs+].[H-].[K+].[K+]. The van der Waals surface area contributed by atoms with E-state index in [0.717, 1.165) is 6.92 Å². The Morgan fingerprint density at radius 2 is 0.695 bits per heavy atom. The third-order valence-corrected chi connectivity index (χ3v) is 18.9. The van der Waals surface area contributed by atoms with Crippen molar-refractivity contribution < 1.29 is 295 Å². The smallest absolute Gasteiger partial charge is 1.00 e. The molecular weight excluding hydrogens is 2400 g/mol. The Morgan fingerprint density at radius 1 is 0.475 bits per heavy atom. The molecule has 12 rings (SSSR count). The molecule has 0 saturated heterocycles. The molecular formula is C80H61Br9Cl5CsK2O21. The summed E-state index contributed by atoms with van der Waals surface area (Å²) in [5, 5.41) is 36.6. The van der Waals surface area contributed by atoms with Gasteiger partial charge in [0.1, 0.15) is 51.1 Å². The number of halogens is 14. The van der Waals surface area contributed by atoms with E-state index in [-0.39, 0.29) is 358 Å². The number of aromatic hydroxyl groups is 2. The maximum absolute atomic E-state index is 13.5. The number of aryl methyl sites for hydroxylation is 2. The van der Waals surface area contributed by atoms with E-state index in [9.17, 15) is 48.6 Å². The van der Waals surface area contributed by atoms with Crippen molar-refractivity contribution in [2.45, 2.75) is 89.3 Å². The molecule has 0 bridgehead atoms. The number of hydrogen-bond acceptors (Lipinski definition) is 21. The molecule has 4 aromatic heterocycles. The zero-order chi connectivity index (χ0) is 100. The van der Waals surface area contributed by atoms with Crippen LogP contribution in [0.4, 0.5) is 0 Å². The topological polar surface area (TPSA) is 338 Å². The van der Waals surface area contributed by atoms with Gasteiger partial charge in [-0.25, -0.2) is 0 Å². The minimum atomic E-state index is -1.61. The number of aliphatic carboxylic acids is 1. The van der Waals surface area contributed by atoms with Crippen LogP contribution in [-0.2, 0) is 46.3 Å². The van der Waals surface area contributed by atoms with Crippen molar-refractivity contribution in [1.82, 2.24) is 0 Å². The summed E-state index contributed by atoms with van der Waals surface area (Å²) in [7, 11) is 0. The molecule has 118 heavy (non-hydrogen) atoms. The molecule has 0 fully saturated rings. The molecule has 0 aliphatic heterocycles. The Morgan fingerprint density at radius 3 is 0.941 bits per heavy atom. The first-order valence-corrected chi connectivity index (χ1v) is 40.6. The summed E-state index contributed by atoms with van der Waals surface area (Å²) in [5.74, 6) is -3.87. The number of esters is 3. The number of phenols is 2. The molecule has 2 unspecified atom stereocenters. The summed E-state index contributed by atoms with van der Waals surface area (Å²) >= 11 is 53.1. The second kappa shape index (κ2) is 53.8. The molecule has 12 aromatic rings. The van der Waals surface area contributed by atoms with Gasteiger partial charge in [-0.15, -0.1) is 0 Å². The third kappa shape index (κ3) is 33.2. The van der Waals surface area contributed by atoms with E-state index in [2.05, 4.69) is 155 Å². The Hall–Kier alpha value is -1.69. The van der Waals surface area contributed by atoms with Crippen LogP contribution in [0.5, 0.6) is 23.0 Å². The number of para-hydroxylation sites is 4. The van der Waals surface area contributed by atoms with Crippen LogP contribution in [0.25, 0.3) is 43.9 Å². The van der Waals surface area contributed by atoms with Crippen LogP contribution in [-0.4, -0.2) is 72.2 Å². The van der Waals surface area contributed by atoms with Gasteiger partial charge >= 0.3 is 190 Å². The number of alkyl halides is 5. The number of phenolic OH excluding ortho intramolecular Hbond substituents is 2. The molecule has 0 saturated carbocycles. The largest absolute Gasteiger partial charge is 1.00 e. The fourth-order valence-electron chi connectivity index (χ4n) is 9.54. The number of carbonyl (C=O) groups excluding carboxylic acids is 10. The predicted molar refractivity (Wildman–Crippen MR) is 469 cm³/mol. The first kappa shape index (κ1) is 87.0. The maximum atomic E-state index is 13.5. The van der Waals surface area contributed by atoms with Gasteiger partial charge in [0.15, 0.2) is 46.5 Å². The first-order chi connectivity index (χ1) is 60.5. The Kier molecular flexibility index (Phi) is 39.7. The van der Waals surface area contributed by atoms with E-state index < -0.39 is 128 Å². The Labute approximate surface area is 944 Å². The maximum Gasteiger partial charge on any atom is 1.00 e. The van der Waals surface area contributed by atoms with Crippen molar-refractivity contribution in [2.75, 3.05) is 0 Å². The zero-order valence-corrected chi connectivity index (χ0v) is 93.3. The Balaban J connectivity index is 0.000000844. The number of ether oxygens (including phenoxy) is 3. The van der Waals surface area contributed by atoms with Gasteiger partial charge in [0.05, 0.1) is 84.8 Å². The van der Waals surface area contributed by atoms with Crippen molar-refractivity contribution in [3.8, 4) is 23.0 Å². The minimum absolute atomic E-state index is 0. The van der Waals surface area contributed by atoms with Crippen molar-refractivity contribution in [2.24, 2.45) is 0 Å². The van der Waals surface area contributed by atoms with Crippen LogP contribution < -0.4 is 191 Å². The fraction of sp³-hybridized carbons (Fsp3) is 0.175. The molecule has 608 valence electrons. The number of benzene rings is 8. The number of carboxylic acid groups (broad SMARTS) is 2. The average molecular weight is 2480 g/mol. The van der Waals surface area contributed by atoms with Crippen LogP contribution in [0.3, 0.4) is 0 Å². The summed E-state index contributed by atoms with van der Waals surface area (Å²) < 4.78 is 167. The van der Waals surface area contributed by atoms with Gasteiger partial charge in [-0.05, 0) is 233 Å². The van der Waals surface area contributed by atoms with E-state index in [1.54, 1.807) is 20.8 Å². The molecule has 0 radical (unpaired) electrons. The van der Waals surface area contributed by atoms with Crippen molar-refractivity contribution in [3.63, 3.8) is 0 Å². The van der Waals surface area contributed by atoms with Crippen LogP contribution >= 0.6 is 201 Å². The minimum Gasteiger partial charge on any atom is -1.00 e. The third-order valence-electron chi connectivity index (χ3n) is 13.7. The second-order valence-electron chi connectivity index (χ2n) is 22.0. The van der Waals surface area contributed by atoms with Gasteiger partial charge in [-0.1, -0.05) is 149 Å². The van der Waals surface area contributed by atoms with E-state index in [4.69, 9.17) is 120 Å². The second-order valence-corrected chi connectivity index (χ2v) is 34.1. The van der Waals surface area contributed by atoms with E-state index >= 15 is 0 Å². The monoisotopic (exact) mass is 2470 g/mol. The van der Waals surface area contributed by atoms with Crippen LogP contribution in [0, 0.1) is 0 Å². The number of rotatable bonds is 15. The van der Waals surface area contributed by atoms with Gasteiger partial charge < -0.3 is 63.3 Å². The van der Waals surface area contributed by atoms with Crippen LogP contribution in [0.2, 0.25) is 0 Å². The summed E-state index contributed by atoms with van der Waals surface area (Å²) in [5.41, 5.74) is 0.501. The molecule has 0 amide bonds. The molecule has 4 heterocycles. The summed E-state index contributed by atoms with van der Waals surface area (Å²) in [6.45, 7) is 12.2. The number of fused-ring (bicyclic) bond motifs is 4. The quantitative estimate of drug-likeness (QED) is 0.0183. The standard InChI is InChI=1S/C19H13Br3O4.C19H14Br2O5.C19H14Br2O4.C17H12Br2O3.C2H3ClO.C2H4O2.CCl4.CH2O2.Cs.2K.H/c1-9(20)18-16(12-5-3-4-6-15(12)26-18)17(24)11-7-13(21)19(14(22)8-11)25-10(2)23;1-9(25-10(2)22)19-16(12-5-3-4-6-15(12)26-19)17(23)11-7-13(20)18(24)14(21)8-11;1-3-15-17(12-6-4-5-7-16(12)25-15)18(23)11-8-13(20)19(14(21)9-11)24-10(2)22;1-2-13-15(10-5-3-4-6-14(10)22-13)16(20)9-7-11(18)17(21)12(19)8-9;2*1-2(3)4;2-1(3,4)5;2-1-3;;;;/h3-9H,1-2H3;3-9,24H,1-2H3;4-9H,3H2,1-2H3;3-8,21H,2H2,1H3;1H3;1H3,(H,3,4);;1H,(H,2,3);;;;/q;;;;;;;;3*+1;-1/p-2/i2*3D,4D,5D,6D;4D,5D,6D,7D;3D,4D,5D,6D;;;;;;;;. The normalized spacial score (nSPS) is 12.7. The number of ketones is 4. The Bertz CT molecular complexity index is 6530. The van der Waals surface area contributed by atoms with Gasteiger partial charge in [-0.3, -0.25) is 38.4 Å². The predicted octanol–water partition coefficient (Wildman–Crippen LogP) is 14.8. The van der Waals surface area contributed by atoms with E-state index in [0.29, 0.717) is 39.7 Å². The molecule has 2 atom stereocenters. The molecule has 0 aliphatic carbocycles. The van der Waals surface area contributed by atoms with Gasteiger partial charge in [0.2, 0.25) is 5.24 Å². The van der Waals surface area contributed by atoms with Gasteiger partial charge in [0, 0.05) is 96.8 Å². The fourth-order valence-corrected chi connectivity index (χ4v) is 14.9. The number of carbonyl (C=O) groups is 10. The van der Waals surface area contributed by atoms with Crippen molar-refractivity contribution in [1.29, 1.82) is 0 Å². The van der Waals surface area contributed by atoms with Crippen molar-refractivity contribution in [3.05, 3.63) is 249 Å². The molecule has 2 N–H and O–H groups in total.